The van der Waals surface area contributed by atoms with Gasteiger partial charge in [-0.3, -0.25) is 4.79 Å². The molecule has 3 aromatic carbocycles. The van der Waals surface area contributed by atoms with Crippen LogP contribution >= 0.6 is 0 Å². The summed E-state index contributed by atoms with van der Waals surface area (Å²) in [4.78, 5) is 13.0. The van der Waals surface area contributed by atoms with Gasteiger partial charge in [0.1, 0.15) is 11.4 Å². The number of aromatic nitrogens is 2. The van der Waals surface area contributed by atoms with E-state index in [1.807, 2.05) is 48.5 Å². The van der Waals surface area contributed by atoms with Crippen molar-refractivity contribution in [3.05, 3.63) is 109 Å². The Balaban J connectivity index is 1.57. The first kappa shape index (κ1) is 18.4. The average molecular weight is 387 g/mol. The summed E-state index contributed by atoms with van der Waals surface area (Å²) in [6, 6.07) is 24.4. The van der Waals surface area contributed by atoms with Crippen LogP contribution in [0.1, 0.15) is 11.7 Å². The third-order valence-corrected chi connectivity index (χ3v) is 4.30. The van der Waals surface area contributed by atoms with Crippen LogP contribution < -0.4 is 10.1 Å². The van der Waals surface area contributed by atoms with E-state index < -0.39 is 17.8 Å². The second-order valence-corrected chi connectivity index (χ2v) is 6.33. The largest absolute Gasteiger partial charge is 0.476 e. The molecule has 0 bridgehead atoms. The molecule has 0 radical (unpaired) electrons. The van der Waals surface area contributed by atoms with Gasteiger partial charge in [0.25, 0.3) is 5.91 Å². The summed E-state index contributed by atoms with van der Waals surface area (Å²) in [5.41, 5.74) is 1.33. The molecule has 0 saturated carbocycles. The van der Waals surface area contributed by atoms with E-state index in [1.165, 1.54) is 10.7 Å². The van der Waals surface area contributed by atoms with Crippen LogP contribution in [0, 0.1) is 5.82 Å². The number of anilines is 1. The number of para-hydroxylation sites is 1. The molecule has 0 fully saturated rings. The maximum atomic E-state index is 14.5. The molecular formula is C23H18FN3O2. The van der Waals surface area contributed by atoms with Gasteiger partial charge in [-0.2, -0.15) is 5.10 Å². The number of hydrogen-bond donors (Lipinski definition) is 1. The molecule has 144 valence electrons. The number of hydrogen-bond acceptors (Lipinski definition) is 3. The molecular weight excluding hydrogens is 369 g/mol. The molecule has 1 heterocycles. The third kappa shape index (κ3) is 4.32. The van der Waals surface area contributed by atoms with Crippen molar-refractivity contribution in [1.29, 1.82) is 0 Å². The highest BCUT2D eigenvalue weighted by Gasteiger charge is 2.23. The minimum atomic E-state index is -0.882. The summed E-state index contributed by atoms with van der Waals surface area (Å²) in [5.74, 6) is -0.324. The molecule has 1 aromatic heterocycles. The van der Waals surface area contributed by atoms with Crippen molar-refractivity contribution in [3.63, 3.8) is 0 Å². The molecule has 1 unspecified atom stereocenters. The van der Waals surface area contributed by atoms with Gasteiger partial charge in [0, 0.05) is 23.6 Å². The molecule has 0 aliphatic rings. The predicted molar refractivity (Wildman–Crippen MR) is 108 cm³/mol. The predicted octanol–water partition coefficient (Wildman–Crippen LogP) is 4.77. The standard InChI is InChI=1S/C23H18FN3O2/c24-20-16-18(12-13-21(20)27-15-7-14-25-27)26-23(28)22(17-8-3-1-4-9-17)29-19-10-5-2-6-11-19/h1-16,22H,(H,26,28). The Bertz CT molecular complexity index is 1080. The number of nitrogens with zero attached hydrogens (tertiary/aromatic N) is 2. The lowest BCUT2D eigenvalue weighted by atomic mass is 10.1. The van der Waals surface area contributed by atoms with Gasteiger partial charge in [-0.05, 0) is 36.4 Å². The Hall–Kier alpha value is -3.93. The van der Waals surface area contributed by atoms with E-state index in [2.05, 4.69) is 10.4 Å². The van der Waals surface area contributed by atoms with Crippen molar-refractivity contribution in [2.24, 2.45) is 0 Å². The zero-order valence-corrected chi connectivity index (χ0v) is 15.4. The fraction of sp³-hybridized carbons (Fsp3) is 0.0435. The second kappa shape index (κ2) is 8.39. The zero-order chi connectivity index (χ0) is 20.1. The zero-order valence-electron chi connectivity index (χ0n) is 15.4. The number of halogens is 1. The Labute approximate surface area is 167 Å². The van der Waals surface area contributed by atoms with Gasteiger partial charge >= 0.3 is 0 Å². The highest BCUT2D eigenvalue weighted by Crippen LogP contribution is 2.24. The Kier molecular flexibility index (Phi) is 5.33. The molecule has 0 spiro atoms. The van der Waals surface area contributed by atoms with E-state index in [0.717, 1.165) is 0 Å². The highest BCUT2D eigenvalue weighted by atomic mass is 19.1. The van der Waals surface area contributed by atoms with E-state index in [9.17, 15) is 9.18 Å². The molecule has 4 rings (SSSR count). The van der Waals surface area contributed by atoms with Crippen LogP contribution in [0.15, 0.2) is 97.3 Å². The van der Waals surface area contributed by atoms with Gasteiger partial charge in [-0.15, -0.1) is 0 Å². The first-order chi connectivity index (χ1) is 14.2. The normalized spacial score (nSPS) is 11.6. The van der Waals surface area contributed by atoms with E-state index in [0.29, 0.717) is 22.7 Å². The smallest absolute Gasteiger partial charge is 0.270 e. The molecule has 0 aliphatic carbocycles. The van der Waals surface area contributed by atoms with E-state index in [-0.39, 0.29) is 0 Å². The summed E-state index contributed by atoms with van der Waals surface area (Å²) in [6.07, 6.45) is 2.34. The maximum Gasteiger partial charge on any atom is 0.270 e. The molecule has 5 nitrogen and oxygen atoms in total. The highest BCUT2D eigenvalue weighted by molar-refractivity contribution is 5.95. The van der Waals surface area contributed by atoms with Crippen LogP contribution in [0.4, 0.5) is 10.1 Å². The van der Waals surface area contributed by atoms with Gasteiger partial charge in [-0.1, -0.05) is 48.5 Å². The topological polar surface area (TPSA) is 56.2 Å². The minimum Gasteiger partial charge on any atom is -0.476 e. The van der Waals surface area contributed by atoms with E-state index >= 15 is 0 Å². The van der Waals surface area contributed by atoms with Crippen LogP contribution in [0.3, 0.4) is 0 Å². The van der Waals surface area contributed by atoms with Crippen molar-refractivity contribution in [1.82, 2.24) is 9.78 Å². The van der Waals surface area contributed by atoms with Crippen molar-refractivity contribution in [2.75, 3.05) is 5.32 Å². The number of rotatable bonds is 6. The molecule has 1 amide bonds. The maximum absolute atomic E-state index is 14.5. The SMILES string of the molecule is O=C(Nc1ccc(-n2cccn2)c(F)c1)C(Oc1ccccc1)c1ccccc1. The second-order valence-electron chi connectivity index (χ2n) is 6.33. The van der Waals surface area contributed by atoms with Crippen LogP contribution in [-0.4, -0.2) is 15.7 Å². The summed E-state index contributed by atoms with van der Waals surface area (Å²) in [7, 11) is 0. The Morgan fingerprint density at radius 1 is 0.966 bits per heavy atom. The summed E-state index contributed by atoms with van der Waals surface area (Å²) in [6.45, 7) is 0. The molecule has 1 atom stereocenters. The summed E-state index contributed by atoms with van der Waals surface area (Å²) in [5, 5.41) is 6.76. The molecule has 4 aromatic rings. The van der Waals surface area contributed by atoms with Crippen molar-refractivity contribution >= 4 is 11.6 Å². The molecule has 6 heteroatoms. The third-order valence-electron chi connectivity index (χ3n) is 4.30. The van der Waals surface area contributed by atoms with Crippen LogP contribution in [-0.2, 0) is 4.79 Å². The van der Waals surface area contributed by atoms with Gasteiger partial charge in [0.05, 0.1) is 0 Å². The monoisotopic (exact) mass is 387 g/mol. The van der Waals surface area contributed by atoms with Crippen molar-refractivity contribution in [2.45, 2.75) is 6.10 Å². The number of ether oxygens (including phenoxy) is 1. The van der Waals surface area contributed by atoms with Crippen LogP contribution in [0.5, 0.6) is 5.75 Å². The minimum absolute atomic E-state index is 0.299. The number of amides is 1. The van der Waals surface area contributed by atoms with Gasteiger partial charge in [0.2, 0.25) is 6.10 Å². The Morgan fingerprint density at radius 2 is 1.69 bits per heavy atom. The van der Waals surface area contributed by atoms with E-state index in [1.54, 1.807) is 42.7 Å². The van der Waals surface area contributed by atoms with Crippen molar-refractivity contribution in [3.8, 4) is 11.4 Å². The van der Waals surface area contributed by atoms with Gasteiger partial charge in [-0.25, -0.2) is 9.07 Å². The fourth-order valence-corrected chi connectivity index (χ4v) is 2.93. The first-order valence-corrected chi connectivity index (χ1v) is 9.08. The quantitative estimate of drug-likeness (QED) is 0.518. The molecule has 1 N–H and O–H groups in total. The van der Waals surface area contributed by atoms with Crippen LogP contribution in [0.2, 0.25) is 0 Å². The molecule has 29 heavy (non-hydrogen) atoms. The molecule has 0 saturated heterocycles. The van der Waals surface area contributed by atoms with Crippen LogP contribution in [0.25, 0.3) is 5.69 Å². The lowest BCUT2D eigenvalue weighted by molar-refractivity contribution is -0.123. The van der Waals surface area contributed by atoms with Gasteiger partial charge < -0.3 is 10.1 Å². The average Bonchev–Trinajstić information content (AvgIpc) is 3.28. The van der Waals surface area contributed by atoms with Gasteiger partial charge in [0.15, 0.2) is 5.82 Å². The number of carbonyl (C=O) groups is 1. The summed E-state index contributed by atoms with van der Waals surface area (Å²) >= 11 is 0. The molecule has 0 aliphatic heterocycles. The Morgan fingerprint density at radius 3 is 2.34 bits per heavy atom. The first-order valence-electron chi connectivity index (χ1n) is 9.08. The lowest BCUT2D eigenvalue weighted by Crippen LogP contribution is -2.25. The number of benzene rings is 3. The summed E-state index contributed by atoms with van der Waals surface area (Å²) < 4.78 is 21.8. The van der Waals surface area contributed by atoms with E-state index in [4.69, 9.17) is 4.74 Å². The number of carbonyl (C=O) groups excluding carboxylic acids is 1. The number of nitrogens with one attached hydrogen (secondary N) is 1. The fourth-order valence-electron chi connectivity index (χ4n) is 2.93. The van der Waals surface area contributed by atoms with Crippen molar-refractivity contribution < 1.29 is 13.9 Å². The lowest BCUT2D eigenvalue weighted by Gasteiger charge is -2.19.